The number of thioether (sulfide) groups is 1. The van der Waals surface area contributed by atoms with Crippen LogP contribution in [0.2, 0.25) is 0 Å². The molecule has 0 radical (unpaired) electrons. The minimum atomic E-state index is -0.331. The Balaban J connectivity index is 0. The molecule has 0 bridgehead atoms. The lowest BCUT2D eigenvalue weighted by atomic mass is 10.1. The molecule has 0 aliphatic heterocycles. The first-order chi connectivity index (χ1) is 8.03. The summed E-state index contributed by atoms with van der Waals surface area (Å²) < 4.78 is 0. The summed E-state index contributed by atoms with van der Waals surface area (Å²) in [6.07, 6.45) is 1.76. The molecule has 1 aromatic rings. The van der Waals surface area contributed by atoms with Crippen molar-refractivity contribution in [1.82, 2.24) is 10.3 Å². The molecule has 0 atom stereocenters. The number of carbonyl (C=O) groups is 1. The van der Waals surface area contributed by atoms with Crippen LogP contribution in [0.15, 0.2) is 24.4 Å². The first kappa shape index (κ1) is 20.8. The van der Waals surface area contributed by atoms with Gasteiger partial charge in [0.1, 0.15) is 0 Å². The summed E-state index contributed by atoms with van der Waals surface area (Å²) >= 11 is 1.55. The van der Waals surface area contributed by atoms with Gasteiger partial charge in [-0.05, 0) is 26.0 Å². The monoisotopic (exact) mass is 325 g/mol. The second-order valence-corrected chi connectivity index (χ2v) is 5.44. The molecule has 4 nitrogen and oxygen atoms in total. The molecule has 0 aromatic carbocycles. The van der Waals surface area contributed by atoms with E-state index in [0.717, 1.165) is 11.4 Å². The van der Waals surface area contributed by atoms with Gasteiger partial charge < -0.3 is 11.1 Å². The molecule has 3 N–H and O–H groups in total. The van der Waals surface area contributed by atoms with Crippen molar-refractivity contribution in [2.75, 3.05) is 12.3 Å². The van der Waals surface area contributed by atoms with Crippen LogP contribution in [0.3, 0.4) is 0 Å². The molecule has 1 amide bonds. The molecule has 1 heterocycles. The van der Waals surface area contributed by atoms with Crippen molar-refractivity contribution in [2.45, 2.75) is 25.1 Å². The number of nitrogens with zero attached hydrogens (tertiary/aromatic N) is 1. The molecule has 19 heavy (non-hydrogen) atoms. The van der Waals surface area contributed by atoms with Gasteiger partial charge in [0.05, 0.1) is 11.4 Å². The van der Waals surface area contributed by atoms with E-state index in [4.69, 9.17) is 5.73 Å². The second kappa shape index (κ2) is 10.3. The fourth-order valence-corrected chi connectivity index (χ4v) is 1.94. The van der Waals surface area contributed by atoms with E-state index in [1.807, 2.05) is 32.0 Å². The average molecular weight is 326 g/mol. The molecular formula is C12H21Cl2N3OS. The van der Waals surface area contributed by atoms with Gasteiger partial charge in [-0.25, -0.2) is 0 Å². The molecule has 0 unspecified atom stereocenters. The number of pyridine rings is 1. The number of hydrogen-bond acceptors (Lipinski definition) is 4. The Hall–Kier alpha value is -0.490. The minimum absolute atomic E-state index is 0. The summed E-state index contributed by atoms with van der Waals surface area (Å²) in [7, 11) is 0. The Kier molecular flexibility index (Phi) is 11.3. The maximum atomic E-state index is 11.6. The number of nitrogens with two attached hydrogens (primary N) is 1. The number of nitrogens with one attached hydrogen (secondary N) is 1. The van der Waals surface area contributed by atoms with E-state index >= 15 is 0 Å². The fourth-order valence-electron chi connectivity index (χ4n) is 1.20. The molecule has 0 aliphatic carbocycles. The van der Waals surface area contributed by atoms with Crippen LogP contribution in [0.4, 0.5) is 0 Å². The van der Waals surface area contributed by atoms with Crippen molar-refractivity contribution in [3.8, 4) is 0 Å². The molecule has 1 rings (SSSR count). The molecule has 0 spiro atoms. The summed E-state index contributed by atoms with van der Waals surface area (Å²) in [6, 6.07) is 5.78. The maximum absolute atomic E-state index is 11.6. The zero-order valence-corrected chi connectivity index (χ0v) is 13.5. The van der Waals surface area contributed by atoms with Crippen molar-refractivity contribution < 1.29 is 4.79 Å². The van der Waals surface area contributed by atoms with E-state index in [-0.39, 0.29) is 36.3 Å². The van der Waals surface area contributed by atoms with Gasteiger partial charge in [-0.15, -0.1) is 36.6 Å². The van der Waals surface area contributed by atoms with Crippen molar-refractivity contribution in [3.63, 3.8) is 0 Å². The largest absolute Gasteiger partial charge is 0.349 e. The molecule has 0 fully saturated rings. The Labute approximate surface area is 131 Å². The van der Waals surface area contributed by atoms with Crippen LogP contribution >= 0.6 is 36.6 Å². The highest BCUT2D eigenvalue weighted by molar-refractivity contribution is 7.99. The average Bonchev–Trinajstić information content (AvgIpc) is 2.30. The van der Waals surface area contributed by atoms with E-state index in [2.05, 4.69) is 10.3 Å². The topological polar surface area (TPSA) is 68.0 Å². The Bertz CT molecular complexity index is 363. The third kappa shape index (κ3) is 9.10. The number of aromatic nitrogens is 1. The number of rotatable bonds is 6. The zero-order chi connectivity index (χ0) is 12.7. The SMILES string of the molecule is CC(C)(CN)NC(=O)CSCc1ccccn1.Cl.Cl. The third-order valence-corrected chi connectivity index (χ3v) is 3.16. The number of hydrogen-bond donors (Lipinski definition) is 2. The highest BCUT2D eigenvalue weighted by atomic mass is 35.5. The summed E-state index contributed by atoms with van der Waals surface area (Å²) in [4.78, 5) is 15.8. The van der Waals surface area contributed by atoms with E-state index in [1.165, 1.54) is 0 Å². The predicted octanol–water partition coefficient (Wildman–Crippen LogP) is 2.01. The van der Waals surface area contributed by atoms with Crippen LogP contribution < -0.4 is 11.1 Å². The summed E-state index contributed by atoms with van der Waals surface area (Å²) in [5, 5.41) is 2.89. The second-order valence-electron chi connectivity index (χ2n) is 4.45. The number of amides is 1. The van der Waals surface area contributed by atoms with Crippen LogP contribution in [-0.4, -0.2) is 28.7 Å². The first-order valence-corrected chi connectivity index (χ1v) is 6.68. The van der Waals surface area contributed by atoms with Crippen molar-refractivity contribution in [2.24, 2.45) is 5.73 Å². The lowest BCUT2D eigenvalue weighted by Gasteiger charge is -2.23. The van der Waals surface area contributed by atoms with Crippen molar-refractivity contribution in [3.05, 3.63) is 30.1 Å². The number of carbonyl (C=O) groups excluding carboxylic acids is 1. The lowest BCUT2D eigenvalue weighted by Crippen LogP contribution is -2.49. The van der Waals surface area contributed by atoms with Gasteiger partial charge in [0.25, 0.3) is 0 Å². The summed E-state index contributed by atoms with van der Waals surface area (Å²) in [5.41, 5.74) is 6.20. The third-order valence-electron chi connectivity index (χ3n) is 2.20. The van der Waals surface area contributed by atoms with Crippen molar-refractivity contribution in [1.29, 1.82) is 0 Å². The fraction of sp³-hybridized carbons (Fsp3) is 0.500. The molecule has 7 heteroatoms. The molecule has 1 aromatic heterocycles. The van der Waals surface area contributed by atoms with Gasteiger partial charge in [-0.3, -0.25) is 9.78 Å². The highest BCUT2D eigenvalue weighted by Gasteiger charge is 2.17. The summed E-state index contributed by atoms with van der Waals surface area (Å²) in [5.74, 6) is 1.19. The predicted molar refractivity (Wildman–Crippen MR) is 86.2 cm³/mol. The van der Waals surface area contributed by atoms with Gasteiger partial charge in [0.2, 0.25) is 5.91 Å². The lowest BCUT2D eigenvalue weighted by molar-refractivity contribution is -0.120. The maximum Gasteiger partial charge on any atom is 0.230 e. The Morgan fingerprint density at radius 2 is 2.11 bits per heavy atom. The minimum Gasteiger partial charge on any atom is -0.349 e. The van der Waals surface area contributed by atoms with Gasteiger partial charge in [-0.1, -0.05) is 6.07 Å². The van der Waals surface area contributed by atoms with E-state index in [9.17, 15) is 4.79 Å². The van der Waals surface area contributed by atoms with Gasteiger partial charge in [0.15, 0.2) is 0 Å². The Morgan fingerprint density at radius 3 is 2.63 bits per heavy atom. The molecule has 110 valence electrons. The van der Waals surface area contributed by atoms with Crippen LogP contribution in [0.1, 0.15) is 19.5 Å². The molecule has 0 saturated heterocycles. The van der Waals surface area contributed by atoms with Crippen LogP contribution in [0.25, 0.3) is 0 Å². The van der Waals surface area contributed by atoms with Gasteiger partial charge in [-0.2, -0.15) is 0 Å². The normalized spacial score (nSPS) is 10.1. The first-order valence-electron chi connectivity index (χ1n) is 5.52. The van der Waals surface area contributed by atoms with Crippen LogP contribution in [0.5, 0.6) is 0 Å². The Morgan fingerprint density at radius 1 is 1.42 bits per heavy atom. The quantitative estimate of drug-likeness (QED) is 0.839. The highest BCUT2D eigenvalue weighted by Crippen LogP contribution is 2.09. The van der Waals surface area contributed by atoms with E-state index in [1.54, 1.807) is 18.0 Å². The molecule has 0 aliphatic rings. The van der Waals surface area contributed by atoms with Gasteiger partial charge in [0, 0.05) is 24.0 Å². The zero-order valence-electron chi connectivity index (χ0n) is 11.1. The molecular weight excluding hydrogens is 305 g/mol. The van der Waals surface area contributed by atoms with E-state index < -0.39 is 0 Å². The van der Waals surface area contributed by atoms with Crippen LogP contribution in [0, 0.1) is 0 Å². The van der Waals surface area contributed by atoms with E-state index in [0.29, 0.717) is 12.3 Å². The summed E-state index contributed by atoms with van der Waals surface area (Å²) in [6.45, 7) is 4.26. The smallest absolute Gasteiger partial charge is 0.230 e. The van der Waals surface area contributed by atoms with Gasteiger partial charge >= 0.3 is 0 Å². The molecule has 0 saturated carbocycles. The van der Waals surface area contributed by atoms with Crippen LogP contribution in [-0.2, 0) is 10.5 Å². The standard InChI is InChI=1S/C12H19N3OS.2ClH/c1-12(2,9-13)15-11(16)8-17-7-10-5-3-4-6-14-10;;/h3-6H,7-9,13H2,1-2H3,(H,15,16);2*1H. The number of halogens is 2. The van der Waals surface area contributed by atoms with Crippen molar-refractivity contribution >= 4 is 42.5 Å².